The molecule has 0 bridgehead atoms. The van der Waals surface area contributed by atoms with Crippen LogP contribution in [0, 0.1) is 6.92 Å². The van der Waals surface area contributed by atoms with Crippen molar-refractivity contribution in [1.82, 2.24) is 0 Å². The van der Waals surface area contributed by atoms with Crippen molar-refractivity contribution < 1.29 is 5.11 Å². The average molecular weight is 305 g/mol. The highest BCUT2D eigenvalue weighted by Crippen LogP contribution is 2.28. The van der Waals surface area contributed by atoms with E-state index >= 15 is 0 Å². The molecule has 1 heteroatoms. The molecule has 0 aliphatic carbocycles. The second-order valence-electron chi connectivity index (χ2n) is 6.69. The van der Waals surface area contributed by atoms with Crippen LogP contribution in [-0.2, 0) is 12.8 Å². The smallest absolute Gasteiger partial charge is 0.119 e. The number of benzene rings is 1. The Morgan fingerprint density at radius 3 is 1.86 bits per heavy atom. The monoisotopic (exact) mass is 304 g/mol. The summed E-state index contributed by atoms with van der Waals surface area (Å²) in [7, 11) is 0. The highest BCUT2D eigenvalue weighted by molar-refractivity contribution is 5.44. The lowest BCUT2D eigenvalue weighted by Crippen LogP contribution is -1.99. The Morgan fingerprint density at radius 2 is 1.18 bits per heavy atom. The van der Waals surface area contributed by atoms with Crippen LogP contribution in [0.25, 0.3) is 0 Å². The van der Waals surface area contributed by atoms with Crippen LogP contribution in [0.2, 0.25) is 0 Å². The normalized spacial score (nSPS) is 11.0. The van der Waals surface area contributed by atoms with Crippen LogP contribution in [0.1, 0.15) is 94.7 Å². The van der Waals surface area contributed by atoms with Crippen molar-refractivity contribution in [2.45, 2.75) is 97.8 Å². The van der Waals surface area contributed by atoms with Crippen molar-refractivity contribution in [3.63, 3.8) is 0 Å². The standard InChI is InChI=1S/C21H36O/c1-4-6-8-9-10-11-13-15-20-19(14-12-7-5-2)18(3)16-17-21(20)22/h16-17,22H,4-15H2,1-3H3. The molecule has 0 radical (unpaired) electrons. The highest BCUT2D eigenvalue weighted by atomic mass is 16.3. The van der Waals surface area contributed by atoms with Gasteiger partial charge >= 0.3 is 0 Å². The number of rotatable bonds is 12. The molecule has 1 aromatic carbocycles. The molecule has 0 aliphatic rings. The zero-order valence-corrected chi connectivity index (χ0v) is 15.1. The zero-order chi connectivity index (χ0) is 16.2. The molecule has 0 saturated heterocycles. The quantitative estimate of drug-likeness (QED) is 0.425. The molecule has 0 spiro atoms. The predicted molar refractivity (Wildman–Crippen MR) is 97.8 cm³/mol. The topological polar surface area (TPSA) is 20.2 Å². The van der Waals surface area contributed by atoms with Crippen molar-refractivity contribution in [3.8, 4) is 5.75 Å². The minimum absolute atomic E-state index is 0.517. The van der Waals surface area contributed by atoms with Crippen molar-refractivity contribution in [2.75, 3.05) is 0 Å². The Labute approximate surface area is 138 Å². The summed E-state index contributed by atoms with van der Waals surface area (Å²) in [6.45, 7) is 6.70. The largest absolute Gasteiger partial charge is 0.508 e. The second-order valence-corrected chi connectivity index (χ2v) is 6.69. The molecule has 1 aromatic rings. The third-order valence-corrected chi connectivity index (χ3v) is 4.70. The van der Waals surface area contributed by atoms with Crippen LogP contribution in [0.5, 0.6) is 5.75 Å². The fourth-order valence-corrected chi connectivity index (χ4v) is 3.24. The SMILES string of the molecule is CCCCCCCCCc1c(O)ccc(C)c1CCCCC. The van der Waals surface area contributed by atoms with Gasteiger partial charge in [-0.2, -0.15) is 0 Å². The first-order valence-corrected chi connectivity index (χ1v) is 9.51. The number of aromatic hydroxyl groups is 1. The van der Waals surface area contributed by atoms with Gasteiger partial charge in [-0.1, -0.05) is 71.3 Å². The van der Waals surface area contributed by atoms with E-state index in [0.717, 1.165) is 12.8 Å². The van der Waals surface area contributed by atoms with Gasteiger partial charge in [-0.05, 0) is 55.4 Å². The minimum atomic E-state index is 0.517. The third-order valence-electron chi connectivity index (χ3n) is 4.70. The molecule has 1 rings (SSSR count). The van der Waals surface area contributed by atoms with Gasteiger partial charge in [0.15, 0.2) is 0 Å². The van der Waals surface area contributed by atoms with Crippen LogP contribution < -0.4 is 0 Å². The summed E-state index contributed by atoms with van der Waals surface area (Å²) in [5.41, 5.74) is 4.00. The molecule has 1 nitrogen and oxygen atoms in total. The summed E-state index contributed by atoms with van der Waals surface area (Å²) in [4.78, 5) is 0. The molecule has 0 aromatic heterocycles. The Kier molecular flexibility index (Phi) is 10.0. The molecule has 0 atom stereocenters. The minimum Gasteiger partial charge on any atom is -0.508 e. The summed E-state index contributed by atoms with van der Waals surface area (Å²) >= 11 is 0. The Morgan fingerprint density at radius 1 is 0.682 bits per heavy atom. The first-order valence-electron chi connectivity index (χ1n) is 9.51. The summed E-state index contributed by atoms with van der Waals surface area (Å²) in [6, 6.07) is 3.96. The lowest BCUT2D eigenvalue weighted by atomic mass is 9.92. The van der Waals surface area contributed by atoms with E-state index in [1.165, 1.54) is 80.9 Å². The Hall–Kier alpha value is -0.980. The molecule has 126 valence electrons. The number of hydrogen-bond donors (Lipinski definition) is 1. The van der Waals surface area contributed by atoms with Gasteiger partial charge in [-0.3, -0.25) is 0 Å². The molecular formula is C21H36O. The molecule has 0 fully saturated rings. The van der Waals surface area contributed by atoms with Gasteiger partial charge in [0.2, 0.25) is 0 Å². The summed E-state index contributed by atoms with van der Waals surface area (Å²) < 4.78 is 0. The van der Waals surface area contributed by atoms with Gasteiger partial charge in [0, 0.05) is 0 Å². The maximum atomic E-state index is 10.2. The van der Waals surface area contributed by atoms with E-state index in [-0.39, 0.29) is 0 Å². The van der Waals surface area contributed by atoms with Gasteiger partial charge in [0.1, 0.15) is 5.75 Å². The number of aryl methyl sites for hydroxylation is 1. The molecule has 1 N–H and O–H groups in total. The second kappa shape index (κ2) is 11.6. The summed E-state index contributed by atoms with van der Waals surface area (Å²) in [6.07, 6.45) is 15.3. The van der Waals surface area contributed by atoms with Gasteiger partial charge in [0.05, 0.1) is 0 Å². The maximum absolute atomic E-state index is 10.2. The van der Waals surface area contributed by atoms with Gasteiger partial charge in [0.25, 0.3) is 0 Å². The van der Waals surface area contributed by atoms with Gasteiger partial charge < -0.3 is 5.11 Å². The van der Waals surface area contributed by atoms with E-state index in [4.69, 9.17) is 0 Å². The molecule has 0 saturated carbocycles. The molecule has 0 unspecified atom stereocenters. The van der Waals surface area contributed by atoms with E-state index < -0.39 is 0 Å². The lowest BCUT2D eigenvalue weighted by molar-refractivity contribution is 0.464. The van der Waals surface area contributed by atoms with E-state index in [9.17, 15) is 5.11 Å². The van der Waals surface area contributed by atoms with E-state index in [0.29, 0.717) is 5.75 Å². The average Bonchev–Trinajstić information content (AvgIpc) is 2.52. The van der Waals surface area contributed by atoms with Crippen LogP contribution in [0.3, 0.4) is 0 Å². The fraction of sp³-hybridized carbons (Fsp3) is 0.714. The van der Waals surface area contributed by atoms with Crippen molar-refractivity contribution in [2.24, 2.45) is 0 Å². The van der Waals surface area contributed by atoms with Crippen LogP contribution in [0.15, 0.2) is 12.1 Å². The van der Waals surface area contributed by atoms with E-state index in [1.54, 1.807) is 0 Å². The zero-order valence-electron chi connectivity index (χ0n) is 15.1. The number of phenols is 1. The van der Waals surface area contributed by atoms with Crippen molar-refractivity contribution in [3.05, 3.63) is 28.8 Å². The Bertz CT molecular complexity index is 409. The maximum Gasteiger partial charge on any atom is 0.119 e. The predicted octanol–water partition coefficient (Wildman–Crippen LogP) is 6.73. The van der Waals surface area contributed by atoms with Crippen molar-refractivity contribution >= 4 is 0 Å². The van der Waals surface area contributed by atoms with Crippen LogP contribution in [0.4, 0.5) is 0 Å². The Balaban J connectivity index is 2.48. The first kappa shape index (κ1) is 19.1. The molecule has 22 heavy (non-hydrogen) atoms. The molecule has 0 heterocycles. The third kappa shape index (κ3) is 6.85. The number of hydrogen-bond acceptors (Lipinski definition) is 1. The molecular weight excluding hydrogens is 268 g/mol. The lowest BCUT2D eigenvalue weighted by Gasteiger charge is -2.14. The van der Waals surface area contributed by atoms with E-state index in [2.05, 4.69) is 26.8 Å². The number of phenolic OH excluding ortho intramolecular Hbond substituents is 1. The number of unbranched alkanes of at least 4 members (excludes halogenated alkanes) is 8. The van der Waals surface area contributed by atoms with E-state index in [1.807, 2.05) is 6.07 Å². The summed E-state index contributed by atoms with van der Waals surface area (Å²) in [5.74, 6) is 0.517. The van der Waals surface area contributed by atoms with Crippen LogP contribution in [-0.4, -0.2) is 5.11 Å². The fourth-order valence-electron chi connectivity index (χ4n) is 3.24. The first-order chi connectivity index (χ1) is 10.7. The molecule has 0 aliphatic heterocycles. The van der Waals surface area contributed by atoms with Crippen molar-refractivity contribution in [1.29, 1.82) is 0 Å². The van der Waals surface area contributed by atoms with Crippen LogP contribution >= 0.6 is 0 Å². The van der Waals surface area contributed by atoms with Gasteiger partial charge in [-0.15, -0.1) is 0 Å². The highest BCUT2D eigenvalue weighted by Gasteiger charge is 2.10. The summed E-state index contributed by atoms with van der Waals surface area (Å²) in [5, 5.41) is 10.2. The molecule has 0 amide bonds. The van der Waals surface area contributed by atoms with Gasteiger partial charge in [-0.25, -0.2) is 0 Å².